The molecule has 0 fully saturated rings. The Morgan fingerprint density at radius 3 is 2.47 bits per heavy atom. The van der Waals surface area contributed by atoms with Crippen LogP contribution in [0, 0.1) is 0 Å². The molecule has 2 rings (SSSR count). The molecule has 0 bridgehead atoms. The highest BCUT2D eigenvalue weighted by molar-refractivity contribution is 7.11. The van der Waals surface area contributed by atoms with Gasteiger partial charge in [0, 0.05) is 16.0 Å². The lowest BCUT2D eigenvalue weighted by Gasteiger charge is -2.14. The molecular weight excluding hydrogens is 346 g/mol. The van der Waals surface area contributed by atoms with E-state index in [2.05, 4.69) is 0 Å². The van der Waals surface area contributed by atoms with Gasteiger partial charge in [0.1, 0.15) is 5.75 Å². The summed E-state index contributed by atoms with van der Waals surface area (Å²) in [5.41, 5.74) is 0.723. The fraction of sp³-hybridized carbons (Fsp3) is 0.231. The number of thiophene rings is 1. The minimum atomic E-state index is -0.423. The van der Waals surface area contributed by atoms with E-state index in [-0.39, 0.29) is 0 Å². The molecule has 2 aromatic rings. The SMILES string of the molecule is CCOc1cc(Cl)c(C(Cl)c2sccc2Cl)cc1Cl. The van der Waals surface area contributed by atoms with Crippen molar-refractivity contribution < 1.29 is 4.74 Å². The van der Waals surface area contributed by atoms with Crippen LogP contribution in [0.1, 0.15) is 22.7 Å². The second-order valence-corrected chi connectivity index (χ2v) is 6.34. The third-order valence-corrected chi connectivity index (χ3v) is 5.13. The van der Waals surface area contributed by atoms with E-state index in [4.69, 9.17) is 51.1 Å². The fourth-order valence-corrected chi connectivity index (χ4v) is 3.84. The van der Waals surface area contributed by atoms with Crippen LogP contribution in [0.3, 0.4) is 0 Å². The fourth-order valence-electron chi connectivity index (χ4n) is 1.63. The van der Waals surface area contributed by atoms with Gasteiger partial charge in [-0.2, -0.15) is 0 Å². The second-order valence-electron chi connectivity index (χ2n) is 3.73. The summed E-state index contributed by atoms with van der Waals surface area (Å²) in [5.74, 6) is 0.555. The number of benzene rings is 1. The predicted octanol–water partition coefficient (Wildman–Crippen LogP) is 6.44. The largest absolute Gasteiger partial charge is 0.492 e. The number of hydrogen-bond acceptors (Lipinski definition) is 2. The van der Waals surface area contributed by atoms with Crippen LogP contribution < -0.4 is 4.74 Å². The highest BCUT2D eigenvalue weighted by atomic mass is 35.5. The summed E-state index contributed by atoms with van der Waals surface area (Å²) in [4.78, 5) is 0.852. The molecule has 0 spiro atoms. The molecule has 0 amide bonds. The van der Waals surface area contributed by atoms with Crippen molar-refractivity contribution in [3.8, 4) is 5.75 Å². The summed E-state index contributed by atoms with van der Waals surface area (Å²) in [5, 5.41) is 3.09. The first-order valence-corrected chi connectivity index (χ1v) is 7.98. The van der Waals surface area contributed by atoms with Gasteiger partial charge in [-0.25, -0.2) is 0 Å². The number of alkyl halides is 1. The average molecular weight is 356 g/mol. The van der Waals surface area contributed by atoms with Crippen molar-refractivity contribution in [3.63, 3.8) is 0 Å². The Balaban J connectivity index is 2.40. The van der Waals surface area contributed by atoms with Crippen molar-refractivity contribution in [2.45, 2.75) is 12.3 Å². The van der Waals surface area contributed by atoms with Gasteiger partial charge in [-0.15, -0.1) is 22.9 Å². The minimum Gasteiger partial charge on any atom is -0.492 e. The predicted molar refractivity (Wildman–Crippen MR) is 84.7 cm³/mol. The van der Waals surface area contributed by atoms with Gasteiger partial charge in [0.15, 0.2) is 0 Å². The van der Waals surface area contributed by atoms with Gasteiger partial charge in [-0.3, -0.25) is 0 Å². The summed E-state index contributed by atoms with van der Waals surface area (Å²) in [7, 11) is 0. The van der Waals surface area contributed by atoms with E-state index in [1.54, 1.807) is 18.2 Å². The summed E-state index contributed by atoms with van der Waals surface area (Å²) in [6, 6.07) is 5.21. The van der Waals surface area contributed by atoms with Crippen molar-refractivity contribution in [2.24, 2.45) is 0 Å². The molecule has 1 aromatic carbocycles. The van der Waals surface area contributed by atoms with E-state index in [9.17, 15) is 0 Å². The lowest BCUT2D eigenvalue weighted by atomic mass is 10.1. The summed E-state index contributed by atoms with van der Waals surface area (Å²) in [6.07, 6.45) is 0. The van der Waals surface area contributed by atoms with Crippen LogP contribution in [-0.4, -0.2) is 6.61 Å². The van der Waals surface area contributed by atoms with Gasteiger partial charge >= 0.3 is 0 Å². The van der Waals surface area contributed by atoms with E-state index < -0.39 is 5.38 Å². The number of hydrogen-bond donors (Lipinski definition) is 0. The van der Waals surface area contributed by atoms with Gasteiger partial charge < -0.3 is 4.74 Å². The van der Waals surface area contributed by atoms with E-state index in [1.807, 2.05) is 12.3 Å². The van der Waals surface area contributed by atoms with Crippen molar-refractivity contribution in [2.75, 3.05) is 6.61 Å². The summed E-state index contributed by atoms with van der Waals surface area (Å²) >= 11 is 26.4. The summed E-state index contributed by atoms with van der Waals surface area (Å²) < 4.78 is 5.38. The maximum Gasteiger partial charge on any atom is 0.139 e. The molecule has 0 N–H and O–H groups in total. The molecule has 19 heavy (non-hydrogen) atoms. The van der Waals surface area contributed by atoms with E-state index >= 15 is 0 Å². The van der Waals surface area contributed by atoms with Crippen LogP contribution in [0.15, 0.2) is 23.6 Å². The molecule has 1 atom stereocenters. The first-order valence-electron chi connectivity index (χ1n) is 5.53. The monoisotopic (exact) mass is 354 g/mol. The zero-order chi connectivity index (χ0) is 14.0. The molecule has 102 valence electrons. The molecule has 0 aliphatic heterocycles. The Kier molecular flexibility index (Phi) is 5.27. The Morgan fingerprint density at radius 2 is 1.89 bits per heavy atom. The first kappa shape index (κ1) is 15.3. The number of halogens is 4. The minimum absolute atomic E-state index is 0.423. The number of ether oxygens (including phenoxy) is 1. The Morgan fingerprint density at radius 1 is 1.16 bits per heavy atom. The molecule has 1 nitrogen and oxygen atoms in total. The zero-order valence-electron chi connectivity index (χ0n) is 9.92. The molecule has 0 aliphatic carbocycles. The van der Waals surface area contributed by atoms with Crippen LogP contribution in [0.25, 0.3) is 0 Å². The maximum atomic E-state index is 6.43. The average Bonchev–Trinajstić information content (AvgIpc) is 2.79. The van der Waals surface area contributed by atoms with Crippen LogP contribution in [-0.2, 0) is 0 Å². The smallest absolute Gasteiger partial charge is 0.139 e. The lowest BCUT2D eigenvalue weighted by molar-refractivity contribution is 0.340. The molecule has 0 saturated heterocycles. The van der Waals surface area contributed by atoms with Crippen LogP contribution in [0.2, 0.25) is 15.1 Å². The van der Waals surface area contributed by atoms with Gasteiger partial charge in [0.05, 0.1) is 22.0 Å². The van der Waals surface area contributed by atoms with Gasteiger partial charge in [0.25, 0.3) is 0 Å². The molecular formula is C13H10Cl4OS. The third kappa shape index (κ3) is 3.32. The van der Waals surface area contributed by atoms with Crippen molar-refractivity contribution in [1.29, 1.82) is 0 Å². The lowest BCUT2D eigenvalue weighted by Crippen LogP contribution is -1.97. The molecule has 1 heterocycles. The van der Waals surface area contributed by atoms with Crippen LogP contribution >= 0.6 is 57.7 Å². The Hall–Kier alpha value is -0.120. The van der Waals surface area contributed by atoms with Crippen LogP contribution in [0.5, 0.6) is 5.75 Å². The van der Waals surface area contributed by atoms with Gasteiger partial charge in [-0.1, -0.05) is 34.8 Å². The van der Waals surface area contributed by atoms with Crippen molar-refractivity contribution >= 4 is 57.7 Å². The molecule has 1 aromatic heterocycles. The van der Waals surface area contributed by atoms with E-state index in [0.29, 0.717) is 27.4 Å². The maximum absolute atomic E-state index is 6.43. The van der Waals surface area contributed by atoms with E-state index in [1.165, 1.54) is 11.3 Å². The first-order chi connectivity index (χ1) is 9.04. The van der Waals surface area contributed by atoms with E-state index in [0.717, 1.165) is 10.4 Å². The third-order valence-electron chi connectivity index (χ3n) is 2.50. The zero-order valence-corrected chi connectivity index (χ0v) is 13.8. The molecule has 6 heteroatoms. The van der Waals surface area contributed by atoms with Crippen LogP contribution in [0.4, 0.5) is 0 Å². The standard InChI is InChI=1S/C13H10Cl4OS/c1-2-18-11-6-9(15)7(5-10(11)16)12(17)13-8(14)3-4-19-13/h3-6,12H,2H2,1H3. The highest BCUT2D eigenvalue weighted by Gasteiger charge is 2.20. The number of rotatable bonds is 4. The normalized spacial score (nSPS) is 12.5. The second kappa shape index (κ2) is 6.55. The Bertz CT molecular complexity index is 582. The van der Waals surface area contributed by atoms with Crippen molar-refractivity contribution in [3.05, 3.63) is 49.1 Å². The molecule has 1 unspecified atom stereocenters. The summed E-state index contributed by atoms with van der Waals surface area (Å²) in [6.45, 7) is 2.41. The van der Waals surface area contributed by atoms with Gasteiger partial charge in [0.2, 0.25) is 0 Å². The topological polar surface area (TPSA) is 9.23 Å². The molecule has 0 radical (unpaired) electrons. The molecule has 0 saturated carbocycles. The quantitative estimate of drug-likeness (QED) is 0.573. The van der Waals surface area contributed by atoms with Gasteiger partial charge in [-0.05, 0) is 30.0 Å². The Labute approximate surface area is 136 Å². The molecule has 0 aliphatic rings. The van der Waals surface area contributed by atoms with Crippen molar-refractivity contribution in [1.82, 2.24) is 0 Å². The highest BCUT2D eigenvalue weighted by Crippen LogP contribution is 2.42.